The molecule has 1 unspecified atom stereocenters. The molecule has 0 saturated carbocycles. The quantitative estimate of drug-likeness (QED) is 0.112. The van der Waals surface area contributed by atoms with Crippen LogP contribution in [0.1, 0.15) is 13.3 Å². The molecule has 8 nitrogen and oxygen atoms in total. The van der Waals surface area contributed by atoms with Crippen LogP contribution in [0.3, 0.4) is 0 Å². The van der Waals surface area contributed by atoms with E-state index in [0.29, 0.717) is 32.7 Å². The van der Waals surface area contributed by atoms with E-state index in [9.17, 15) is 22.8 Å². The van der Waals surface area contributed by atoms with Crippen molar-refractivity contribution in [2.24, 2.45) is 5.92 Å². The van der Waals surface area contributed by atoms with Crippen LogP contribution in [0, 0.1) is 18.3 Å². The molecule has 0 bridgehead atoms. The molecule has 0 aromatic heterocycles. The first-order valence-electron chi connectivity index (χ1n) is 12.1. The van der Waals surface area contributed by atoms with E-state index in [-0.39, 0.29) is 25.4 Å². The Kier molecular flexibility index (Phi) is 11.9. The summed E-state index contributed by atoms with van der Waals surface area (Å²) >= 11 is 0. The van der Waals surface area contributed by atoms with Crippen LogP contribution in [-0.2, 0) is 4.79 Å². The highest BCUT2D eigenvalue weighted by atomic mass is 19.4. The number of halogens is 3. The van der Waals surface area contributed by atoms with E-state index < -0.39 is 23.7 Å². The molecule has 38 heavy (non-hydrogen) atoms. The van der Waals surface area contributed by atoms with E-state index in [0.717, 1.165) is 23.9 Å². The van der Waals surface area contributed by atoms with Gasteiger partial charge in [0.05, 0.1) is 18.7 Å². The third-order valence-electron chi connectivity index (χ3n) is 6.11. The summed E-state index contributed by atoms with van der Waals surface area (Å²) in [6.45, 7) is 8.49. The summed E-state index contributed by atoms with van der Waals surface area (Å²) in [6.07, 6.45) is 14.0. The maximum Gasteiger partial charge on any atom is 0.417 e. The molecule has 1 atom stereocenters. The third-order valence-corrected chi connectivity index (χ3v) is 6.11. The average Bonchev–Trinajstić information content (AvgIpc) is 2.92. The van der Waals surface area contributed by atoms with Gasteiger partial charge in [0, 0.05) is 45.0 Å². The Morgan fingerprint density at radius 3 is 2.58 bits per heavy atom. The number of hydrogen-bond donors (Lipinski definition) is 2. The Balaban J connectivity index is 2.18. The first-order valence-corrected chi connectivity index (χ1v) is 12.1. The fourth-order valence-corrected chi connectivity index (χ4v) is 3.94. The minimum absolute atomic E-state index is 0.0444. The number of piperazine rings is 1. The Labute approximate surface area is 221 Å². The summed E-state index contributed by atoms with van der Waals surface area (Å²) in [7, 11) is 0. The zero-order valence-electron chi connectivity index (χ0n) is 21.4. The molecular weight excluding hydrogens is 499 g/mol. The SMILES string of the molecule is C#C/C=C\C(=C/C)CN1CCN(C(=O)N(CC(C=C)C/C=C/C(=O)NO)N2C=C(C(F)(F)F)C=CC2)CC1. The van der Waals surface area contributed by atoms with Gasteiger partial charge in [0.1, 0.15) is 0 Å². The smallest absolute Gasteiger partial charge is 0.321 e. The molecule has 2 N–H and O–H groups in total. The first-order chi connectivity index (χ1) is 18.1. The number of hydrazine groups is 1. The van der Waals surface area contributed by atoms with Crippen LogP contribution in [0.15, 0.2) is 72.5 Å². The van der Waals surface area contributed by atoms with Crippen LogP contribution >= 0.6 is 0 Å². The molecule has 2 heterocycles. The number of terminal acetylenes is 1. The zero-order valence-corrected chi connectivity index (χ0v) is 21.4. The summed E-state index contributed by atoms with van der Waals surface area (Å²) in [5.41, 5.74) is 1.67. The summed E-state index contributed by atoms with van der Waals surface area (Å²) in [4.78, 5) is 28.7. The molecule has 2 aliphatic rings. The van der Waals surface area contributed by atoms with E-state index in [1.54, 1.807) is 17.1 Å². The number of rotatable bonds is 10. The summed E-state index contributed by atoms with van der Waals surface area (Å²) in [5.74, 6) is 1.39. The fourth-order valence-electron chi connectivity index (χ4n) is 3.94. The highest BCUT2D eigenvalue weighted by Gasteiger charge is 2.36. The molecule has 2 rings (SSSR count). The summed E-state index contributed by atoms with van der Waals surface area (Å²) < 4.78 is 40.3. The van der Waals surface area contributed by atoms with Gasteiger partial charge in [-0.05, 0) is 37.0 Å². The van der Waals surface area contributed by atoms with Crippen molar-refractivity contribution in [3.05, 3.63) is 72.5 Å². The van der Waals surface area contributed by atoms with Gasteiger partial charge in [0.25, 0.3) is 5.91 Å². The molecule has 206 valence electrons. The predicted molar refractivity (Wildman–Crippen MR) is 139 cm³/mol. The Morgan fingerprint density at radius 1 is 1.29 bits per heavy atom. The van der Waals surface area contributed by atoms with Crippen LogP contribution in [0.4, 0.5) is 18.0 Å². The van der Waals surface area contributed by atoms with Gasteiger partial charge in [-0.2, -0.15) is 13.2 Å². The molecule has 0 aromatic rings. The molecule has 0 aliphatic carbocycles. The van der Waals surface area contributed by atoms with Crippen molar-refractivity contribution in [2.75, 3.05) is 45.8 Å². The van der Waals surface area contributed by atoms with Crippen LogP contribution in [0.5, 0.6) is 0 Å². The maximum atomic E-state index is 13.6. The molecule has 1 saturated heterocycles. The van der Waals surface area contributed by atoms with E-state index in [1.807, 2.05) is 19.1 Å². The number of alkyl halides is 3. The van der Waals surface area contributed by atoms with E-state index >= 15 is 0 Å². The Hall–Kier alpha value is -3.75. The van der Waals surface area contributed by atoms with Gasteiger partial charge in [-0.3, -0.25) is 19.9 Å². The van der Waals surface area contributed by atoms with Crippen molar-refractivity contribution in [3.63, 3.8) is 0 Å². The standard InChI is InChI=1S/C27H34F3N5O3/c1-4-7-10-22(5-2)19-32-15-17-33(18-16-32)26(37)35(20-23(6-3)11-8-13-25(36)31-38)34-14-9-12-24(21-34)27(28,29)30/h1,5-10,12-13,21,23,38H,3,11,14-20H2,2H3,(H,31,36)/b10-7-,13-8+,22-5+. The molecule has 1 fully saturated rings. The second kappa shape index (κ2) is 14.9. The zero-order chi connectivity index (χ0) is 28.1. The lowest BCUT2D eigenvalue weighted by Crippen LogP contribution is -2.57. The van der Waals surface area contributed by atoms with Crippen LogP contribution in [0.2, 0.25) is 0 Å². The molecular formula is C27H34F3N5O3. The van der Waals surface area contributed by atoms with Gasteiger partial charge in [0.15, 0.2) is 0 Å². The van der Waals surface area contributed by atoms with Crippen molar-refractivity contribution in [2.45, 2.75) is 19.5 Å². The lowest BCUT2D eigenvalue weighted by molar-refractivity contribution is -0.124. The molecule has 0 aromatic carbocycles. The second-order valence-corrected chi connectivity index (χ2v) is 8.71. The average molecular weight is 534 g/mol. The van der Waals surface area contributed by atoms with Crippen LogP contribution in [-0.4, -0.2) is 89.0 Å². The number of nitrogens with one attached hydrogen (secondary N) is 1. The topological polar surface area (TPSA) is 79.4 Å². The van der Waals surface area contributed by atoms with E-state index in [2.05, 4.69) is 17.4 Å². The van der Waals surface area contributed by atoms with E-state index in [4.69, 9.17) is 11.6 Å². The lowest BCUT2D eigenvalue weighted by atomic mass is 10.1. The van der Waals surface area contributed by atoms with Crippen molar-refractivity contribution < 1.29 is 28.0 Å². The minimum Gasteiger partial charge on any atom is -0.321 e. The third kappa shape index (κ3) is 9.28. The molecule has 0 radical (unpaired) electrons. The predicted octanol–water partition coefficient (Wildman–Crippen LogP) is 3.65. The highest BCUT2D eigenvalue weighted by Crippen LogP contribution is 2.29. The summed E-state index contributed by atoms with van der Waals surface area (Å²) in [6, 6.07) is -0.417. The number of hydrogen-bond acceptors (Lipinski definition) is 5. The van der Waals surface area contributed by atoms with Gasteiger partial charge in [-0.15, -0.1) is 13.0 Å². The molecule has 3 amide bonds. The number of nitrogens with zero attached hydrogens (tertiary/aromatic N) is 4. The normalized spacial score (nSPS) is 17.9. The van der Waals surface area contributed by atoms with Crippen molar-refractivity contribution >= 4 is 11.9 Å². The lowest BCUT2D eigenvalue weighted by Gasteiger charge is -2.42. The first kappa shape index (κ1) is 30.5. The monoisotopic (exact) mass is 533 g/mol. The minimum atomic E-state index is -4.56. The number of urea groups is 1. The van der Waals surface area contributed by atoms with Crippen LogP contribution < -0.4 is 5.48 Å². The highest BCUT2D eigenvalue weighted by molar-refractivity contribution is 5.86. The van der Waals surface area contributed by atoms with Gasteiger partial charge < -0.3 is 4.90 Å². The number of carbonyl (C=O) groups excluding carboxylic acids is 2. The van der Waals surface area contributed by atoms with Crippen molar-refractivity contribution in [1.82, 2.24) is 25.3 Å². The molecule has 11 heteroatoms. The van der Waals surface area contributed by atoms with Crippen molar-refractivity contribution in [1.29, 1.82) is 0 Å². The molecule has 2 aliphatic heterocycles. The number of carbonyl (C=O) groups is 2. The van der Waals surface area contributed by atoms with E-state index in [1.165, 1.54) is 27.6 Å². The fraction of sp³-hybridized carbons (Fsp3) is 0.407. The van der Waals surface area contributed by atoms with Gasteiger partial charge in [-0.25, -0.2) is 15.3 Å². The van der Waals surface area contributed by atoms with Gasteiger partial charge >= 0.3 is 12.2 Å². The van der Waals surface area contributed by atoms with Gasteiger partial charge in [0.2, 0.25) is 0 Å². The maximum absolute atomic E-state index is 13.6. The summed E-state index contributed by atoms with van der Waals surface area (Å²) in [5, 5.41) is 11.2. The largest absolute Gasteiger partial charge is 0.417 e. The molecule has 0 spiro atoms. The Bertz CT molecular complexity index is 1030. The van der Waals surface area contributed by atoms with Crippen LogP contribution in [0.25, 0.3) is 0 Å². The van der Waals surface area contributed by atoms with Gasteiger partial charge in [-0.1, -0.05) is 36.3 Å². The number of hydroxylamine groups is 1. The number of allylic oxidation sites excluding steroid dienone is 5. The van der Waals surface area contributed by atoms with Crippen molar-refractivity contribution in [3.8, 4) is 12.3 Å². The second-order valence-electron chi connectivity index (χ2n) is 8.71. The number of amides is 3. The Morgan fingerprint density at radius 2 is 2.00 bits per heavy atom.